The van der Waals surface area contributed by atoms with Crippen LogP contribution in [-0.4, -0.2) is 30.6 Å². The number of esters is 1. The highest BCUT2D eigenvalue weighted by Crippen LogP contribution is 2.46. The van der Waals surface area contributed by atoms with Crippen LogP contribution in [0.4, 0.5) is 30.7 Å². The van der Waals surface area contributed by atoms with Crippen LogP contribution in [0.1, 0.15) is 19.8 Å². The molecule has 0 spiro atoms. The molecule has 0 rings (SSSR count). The van der Waals surface area contributed by atoms with Crippen LogP contribution in [0.2, 0.25) is 0 Å². The van der Waals surface area contributed by atoms with Crippen molar-refractivity contribution >= 4 is 5.97 Å². The van der Waals surface area contributed by atoms with E-state index in [1.165, 1.54) is 0 Å². The van der Waals surface area contributed by atoms with Gasteiger partial charge in [0.2, 0.25) is 0 Å². The summed E-state index contributed by atoms with van der Waals surface area (Å²) < 4.78 is 89.1. The molecule has 0 amide bonds. The molecule has 0 unspecified atom stereocenters. The van der Waals surface area contributed by atoms with Gasteiger partial charge in [0.15, 0.2) is 0 Å². The van der Waals surface area contributed by atoms with Crippen LogP contribution in [0.3, 0.4) is 0 Å². The molecule has 2 nitrogen and oxygen atoms in total. The van der Waals surface area contributed by atoms with Gasteiger partial charge in [-0.15, -0.1) is 0 Å². The summed E-state index contributed by atoms with van der Waals surface area (Å²) in [4.78, 5) is 10.6. The SMILES string of the molecule is C/C=C/CCCOC(=O)C(F)(F)C(F)(F)C(F)(F)F. The van der Waals surface area contributed by atoms with E-state index in [4.69, 9.17) is 0 Å². The zero-order chi connectivity index (χ0) is 15.3. The molecule has 0 aliphatic heterocycles. The summed E-state index contributed by atoms with van der Waals surface area (Å²) in [5.41, 5.74) is 0. The van der Waals surface area contributed by atoms with E-state index in [0.29, 0.717) is 6.42 Å². The third-order valence-electron chi connectivity index (χ3n) is 1.99. The van der Waals surface area contributed by atoms with Gasteiger partial charge in [0.1, 0.15) is 0 Å². The quantitative estimate of drug-likeness (QED) is 0.323. The zero-order valence-corrected chi connectivity index (χ0v) is 9.74. The first kappa shape index (κ1) is 17.7. The second-order valence-corrected chi connectivity index (χ2v) is 3.49. The highest BCUT2D eigenvalue weighted by Gasteiger charge is 2.77. The fraction of sp³-hybridized carbons (Fsp3) is 0.700. The Hall–Kier alpha value is -1.28. The molecule has 0 fully saturated rings. The molecule has 19 heavy (non-hydrogen) atoms. The van der Waals surface area contributed by atoms with E-state index in [2.05, 4.69) is 4.74 Å². The average Bonchev–Trinajstić information content (AvgIpc) is 2.26. The van der Waals surface area contributed by atoms with Crippen molar-refractivity contribution in [1.29, 1.82) is 0 Å². The first-order valence-corrected chi connectivity index (χ1v) is 5.09. The summed E-state index contributed by atoms with van der Waals surface area (Å²) in [5, 5.41) is 0. The Bertz CT molecular complexity index is 333. The molecule has 0 radical (unpaired) electrons. The minimum atomic E-state index is -6.54. The lowest BCUT2D eigenvalue weighted by Gasteiger charge is -2.26. The van der Waals surface area contributed by atoms with E-state index in [0.717, 1.165) is 0 Å². The van der Waals surface area contributed by atoms with Crippen molar-refractivity contribution < 1.29 is 40.3 Å². The van der Waals surface area contributed by atoms with Crippen molar-refractivity contribution in [1.82, 2.24) is 0 Å². The topological polar surface area (TPSA) is 26.3 Å². The Morgan fingerprint density at radius 3 is 2.05 bits per heavy atom. The maximum absolute atomic E-state index is 12.7. The van der Waals surface area contributed by atoms with Gasteiger partial charge in [0.05, 0.1) is 6.61 Å². The van der Waals surface area contributed by atoms with E-state index in [1.807, 2.05) is 0 Å². The van der Waals surface area contributed by atoms with Crippen LogP contribution in [0, 0.1) is 0 Å². The van der Waals surface area contributed by atoms with Crippen molar-refractivity contribution in [3.8, 4) is 0 Å². The number of allylic oxidation sites excluding steroid dienone is 2. The molecule has 0 saturated carbocycles. The molecule has 0 aromatic carbocycles. The van der Waals surface area contributed by atoms with Crippen molar-refractivity contribution in [3.63, 3.8) is 0 Å². The average molecular weight is 296 g/mol. The molecular weight excluding hydrogens is 285 g/mol. The van der Waals surface area contributed by atoms with Gasteiger partial charge in [-0.3, -0.25) is 0 Å². The minimum absolute atomic E-state index is 0.0315. The van der Waals surface area contributed by atoms with E-state index >= 15 is 0 Å². The molecule has 0 aliphatic rings. The summed E-state index contributed by atoms with van der Waals surface area (Å²) >= 11 is 0. The van der Waals surface area contributed by atoms with E-state index in [-0.39, 0.29) is 6.42 Å². The first-order valence-electron chi connectivity index (χ1n) is 5.09. The predicted octanol–water partition coefficient (Wildman–Crippen LogP) is 3.72. The maximum Gasteiger partial charge on any atom is 0.460 e. The Morgan fingerprint density at radius 2 is 1.63 bits per heavy atom. The van der Waals surface area contributed by atoms with Crippen molar-refractivity contribution in [2.24, 2.45) is 0 Å². The van der Waals surface area contributed by atoms with Crippen LogP contribution < -0.4 is 0 Å². The van der Waals surface area contributed by atoms with E-state index < -0.39 is 30.6 Å². The van der Waals surface area contributed by atoms with Crippen molar-refractivity contribution in [2.45, 2.75) is 37.8 Å². The first-order chi connectivity index (χ1) is 8.48. The summed E-state index contributed by atoms with van der Waals surface area (Å²) in [6.07, 6.45) is -3.01. The maximum atomic E-state index is 12.7. The second kappa shape index (κ2) is 6.25. The summed E-state index contributed by atoms with van der Waals surface area (Å²) in [7, 11) is 0. The standard InChI is InChI=1S/C10H11F7O2/c1-2-3-4-5-6-19-7(18)8(11,12)9(13,14)10(15,16)17/h2-3H,4-6H2,1H3/b3-2+. The lowest BCUT2D eigenvalue weighted by atomic mass is 10.1. The Labute approximate surface area is 104 Å². The smallest absolute Gasteiger partial charge is 0.460 e. The molecule has 0 saturated heterocycles. The molecule has 0 aromatic rings. The predicted molar refractivity (Wildman–Crippen MR) is 51.0 cm³/mol. The van der Waals surface area contributed by atoms with E-state index in [1.54, 1.807) is 19.1 Å². The highest BCUT2D eigenvalue weighted by atomic mass is 19.4. The fourth-order valence-electron chi connectivity index (χ4n) is 0.930. The van der Waals surface area contributed by atoms with Gasteiger partial charge in [-0.1, -0.05) is 12.2 Å². The molecule has 0 atom stereocenters. The molecule has 0 N–H and O–H groups in total. The lowest BCUT2D eigenvalue weighted by Crippen LogP contribution is -2.56. The normalized spacial score (nSPS) is 13.9. The minimum Gasteiger partial charge on any atom is -0.461 e. The third kappa shape index (κ3) is 4.10. The number of carbonyl (C=O) groups is 1. The molecule has 112 valence electrons. The summed E-state index contributed by atoms with van der Waals surface area (Å²) in [6.45, 7) is 0.983. The summed E-state index contributed by atoms with van der Waals surface area (Å²) in [6, 6.07) is 0. The fourth-order valence-corrected chi connectivity index (χ4v) is 0.930. The zero-order valence-electron chi connectivity index (χ0n) is 9.74. The Morgan fingerprint density at radius 1 is 1.11 bits per heavy atom. The number of rotatable bonds is 6. The van der Waals surface area contributed by atoms with Gasteiger partial charge in [-0.2, -0.15) is 30.7 Å². The van der Waals surface area contributed by atoms with Crippen molar-refractivity contribution in [2.75, 3.05) is 6.61 Å². The monoisotopic (exact) mass is 296 g/mol. The van der Waals surface area contributed by atoms with Crippen LogP contribution in [0.5, 0.6) is 0 Å². The largest absolute Gasteiger partial charge is 0.461 e. The second-order valence-electron chi connectivity index (χ2n) is 3.49. The van der Waals surface area contributed by atoms with Gasteiger partial charge in [0, 0.05) is 0 Å². The lowest BCUT2D eigenvalue weighted by molar-refractivity contribution is -0.348. The van der Waals surface area contributed by atoms with Crippen molar-refractivity contribution in [3.05, 3.63) is 12.2 Å². The molecular formula is C10H11F7O2. The number of alkyl halides is 7. The number of carbonyl (C=O) groups excluding carboxylic acids is 1. The van der Waals surface area contributed by atoms with Crippen LogP contribution >= 0.6 is 0 Å². The number of hydrogen-bond donors (Lipinski definition) is 0. The number of ether oxygens (including phenoxy) is 1. The van der Waals surface area contributed by atoms with Gasteiger partial charge >= 0.3 is 24.0 Å². The number of unbranched alkanes of at least 4 members (excludes halogenated alkanes) is 1. The van der Waals surface area contributed by atoms with Gasteiger partial charge in [-0.25, -0.2) is 4.79 Å². The molecule has 0 bridgehead atoms. The van der Waals surface area contributed by atoms with Gasteiger partial charge in [-0.05, 0) is 19.8 Å². The molecule has 0 heterocycles. The molecule has 0 aliphatic carbocycles. The van der Waals surface area contributed by atoms with Gasteiger partial charge < -0.3 is 4.74 Å². The van der Waals surface area contributed by atoms with Gasteiger partial charge in [0.25, 0.3) is 0 Å². The number of hydrogen-bond acceptors (Lipinski definition) is 2. The third-order valence-corrected chi connectivity index (χ3v) is 1.99. The van der Waals surface area contributed by atoms with Crippen LogP contribution in [0.25, 0.3) is 0 Å². The molecule has 0 aromatic heterocycles. The number of halogens is 7. The van der Waals surface area contributed by atoms with Crippen LogP contribution in [-0.2, 0) is 9.53 Å². The Kier molecular flexibility index (Phi) is 5.83. The van der Waals surface area contributed by atoms with E-state index in [9.17, 15) is 35.5 Å². The Balaban J connectivity index is 4.60. The van der Waals surface area contributed by atoms with Crippen LogP contribution in [0.15, 0.2) is 12.2 Å². The molecule has 9 heteroatoms. The highest BCUT2D eigenvalue weighted by molar-refractivity contribution is 5.79. The summed E-state index contributed by atoms with van der Waals surface area (Å²) in [5.74, 6) is -15.3.